The number of benzene rings is 1. The van der Waals surface area contributed by atoms with Crippen LogP contribution < -0.4 is 20.1 Å². The number of aromatic nitrogens is 2. The summed E-state index contributed by atoms with van der Waals surface area (Å²) in [5, 5.41) is 6.13. The molecule has 0 saturated carbocycles. The van der Waals surface area contributed by atoms with E-state index < -0.39 is 5.82 Å². The van der Waals surface area contributed by atoms with E-state index in [4.69, 9.17) is 14.2 Å². The Bertz CT molecular complexity index is 1230. The Morgan fingerprint density at radius 3 is 3.06 bits per heavy atom. The molecule has 1 amide bonds. The Hall–Kier alpha value is -3.63. The number of H-pyrrole nitrogens is 1. The number of halogens is 1. The predicted octanol–water partition coefficient (Wildman–Crippen LogP) is 2.96. The summed E-state index contributed by atoms with van der Waals surface area (Å²) in [6.07, 6.45) is 3.89. The van der Waals surface area contributed by atoms with Crippen LogP contribution in [0.2, 0.25) is 0 Å². The van der Waals surface area contributed by atoms with E-state index >= 15 is 0 Å². The second-order valence-electron chi connectivity index (χ2n) is 8.62. The maximum absolute atomic E-state index is 14.4. The largest absolute Gasteiger partial charge is 0.492 e. The van der Waals surface area contributed by atoms with Gasteiger partial charge in [-0.05, 0) is 25.2 Å². The van der Waals surface area contributed by atoms with Crippen molar-refractivity contribution in [2.24, 2.45) is 0 Å². The number of hydrogen-bond acceptors (Lipinski definition) is 7. The Labute approximate surface area is 202 Å². The highest BCUT2D eigenvalue weighted by Gasteiger charge is 2.29. The zero-order valence-electron chi connectivity index (χ0n) is 19.7. The lowest BCUT2D eigenvalue weighted by Crippen LogP contribution is -2.42. The minimum atomic E-state index is -0.502. The zero-order valence-corrected chi connectivity index (χ0v) is 19.7. The van der Waals surface area contributed by atoms with Gasteiger partial charge in [0.15, 0.2) is 11.6 Å². The monoisotopic (exact) mass is 481 g/mol. The Morgan fingerprint density at radius 1 is 1.34 bits per heavy atom. The number of ether oxygens (including phenoxy) is 3. The smallest absolute Gasteiger partial charge is 0.255 e. The average Bonchev–Trinajstić information content (AvgIpc) is 3.22. The molecule has 4 heterocycles. The highest BCUT2D eigenvalue weighted by Crippen LogP contribution is 2.42. The second kappa shape index (κ2) is 9.93. The maximum atomic E-state index is 14.4. The molecule has 3 aromatic rings. The second-order valence-corrected chi connectivity index (χ2v) is 8.62. The third-order valence-corrected chi connectivity index (χ3v) is 6.22. The van der Waals surface area contributed by atoms with Crippen molar-refractivity contribution < 1.29 is 23.4 Å². The van der Waals surface area contributed by atoms with Crippen LogP contribution in [0.5, 0.6) is 11.5 Å². The van der Waals surface area contributed by atoms with E-state index in [0.717, 1.165) is 24.3 Å². The Balaban J connectivity index is 1.53. The lowest BCUT2D eigenvalue weighted by atomic mass is 10.0. The van der Waals surface area contributed by atoms with Crippen molar-refractivity contribution in [1.29, 1.82) is 0 Å². The molecule has 184 valence electrons. The van der Waals surface area contributed by atoms with Crippen LogP contribution in [0.15, 0.2) is 36.7 Å². The normalized spacial score (nSPS) is 18.0. The molecule has 9 nitrogen and oxygen atoms in total. The van der Waals surface area contributed by atoms with Crippen molar-refractivity contribution >= 4 is 17.3 Å². The maximum Gasteiger partial charge on any atom is 0.255 e. The van der Waals surface area contributed by atoms with Crippen LogP contribution in [-0.2, 0) is 11.2 Å². The summed E-state index contributed by atoms with van der Waals surface area (Å²) in [6.45, 7) is 3.22. The first-order valence-electron chi connectivity index (χ1n) is 11.5. The Kier molecular flexibility index (Phi) is 6.56. The first-order valence-corrected chi connectivity index (χ1v) is 11.5. The van der Waals surface area contributed by atoms with Gasteiger partial charge in [0.2, 0.25) is 0 Å². The highest BCUT2D eigenvalue weighted by molar-refractivity contribution is 6.06. The van der Waals surface area contributed by atoms with Crippen molar-refractivity contribution in [3.8, 4) is 22.8 Å². The van der Waals surface area contributed by atoms with Gasteiger partial charge in [-0.15, -0.1) is 0 Å². The summed E-state index contributed by atoms with van der Waals surface area (Å²) < 4.78 is 31.7. The summed E-state index contributed by atoms with van der Waals surface area (Å²) in [4.78, 5) is 22.7. The number of hydrogen-bond donors (Lipinski definition) is 3. The number of amides is 1. The van der Waals surface area contributed by atoms with Gasteiger partial charge in [0.05, 0.1) is 42.5 Å². The topological polar surface area (TPSA) is 101 Å². The number of aromatic amines is 1. The molecule has 0 radical (unpaired) electrons. The third-order valence-electron chi connectivity index (χ3n) is 6.22. The van der Waals surface area contributed by atoms with Gasteiger partial charge in [-0.2, -0.15) is 0 Å². The third kappa shape index (κ3) is 4.67. The molecule has 2 aromatic heterocycles. The van der Waals surface area contributed by atoms with Gasteiger partial charge < -0.3 is 34.7 Å². The Morgan fingerprint density at radius 2 is 2.23 bits per heavy atom. The van der Waals surface area contributed by atoms with Crippen molar-refractivity contribution in [1.82, 2.24) is 20.2 Å². The molecule has 3 N–H and O–H groups in total. The molecule has 1 saturated heterocycles. The molecule has 35 heavy (non-hydrogen) atoms. The average molecular weight is 482 g/mol. The number of morpholine rings is 1. The molecule has 1 aromatic carbocycles. The molecule has 2 aliphatic heterocycles. The molecular weight excluding hydrogens is 453 g/mol. The van der Waals surface area contributed by atoms with Gasteiger partial charge in [0, 0.05) is 43.5 Å². The molecule has 10 heteroatoms. The lowest BCUT2D eigenvalue weighted by Gasteiger charge is -2.30. The molecule has 0 bridgehead atoms. The fraction of sp³-hybridized carbons (Fsp3) is 0.360. The number of anilines is 2. The van der Waals surface area contributed by atoms with E-state index in [1.807, 2.05) is 6.07 Å². The van der Waals surface area contributed by atoms with Gasteiger partial charge in [0.1, 0.15) is 18.5 Å². The first-order chi connectivity index (χ1) is 17.0. The molecule has 0 aliphatic carbocycles. The van der Waals surface area contributed by atoms with Gasteiger partial charge in [-0.3, -0.25) is 9.78 Å². The van der Waals surface area contributed by atoms with Crippen molar-refractivity contribution in [2.75, 3.05) is 52.3 Å². The zero-order chi connectivity index (χ0) is 24.4. The molecule has 1 fully saturated rings. The quantitative estimate of drug-likeness (QED) is 0.477. The number of methoxy groups -OCH3 is 1. The van der Waals surface area contributed by atoms with E-state index in [0.29, 0.717) is 54.6 Å². The molecular formula is C25H28FN5O4. The number of likely N-dealkylation sites (N-methyl/N-ethyl adjacent to an activating group) is 1. The van der Waals surface area contributed by atoms with E-state index in [9.17, 15) is 9.18 Å². The number of para-hydroxylation sites is 1. The number of carbonyl (C=O) groups excluding carboxylic acids is 1. The van der Waals surface area contributed by atoms with E-state index in [1.54, 1.807) is 24.5 Å². The first kappa shape index (κ1) is 23.1. The summed E-state index contributed by atoms with van der Waals surface area (Å²) in [7, 11) is 3.46. The minimum Gasteiger partial charge on any atom is -0.492 e. The molecule has 1 unspecified atom stereocenters. The summed E-state index contributed by atoms with van der Waals surface area (Å²) >= 11 is 0. The van der Waals surface area contributed by atoms with Gasteiger partial charge in [-0.1, -0.05) is 6.07 Å². The van der Waals surface area contributed by atoms with E-state index in [1.165, 1.54) is 13.2 Å². The van der Waals surface area contributed by atoms with Crippen LogP contribution in [0.25, 0.3) is 11.3 Å². The highest BCUT2D eigenvalue weighted by atomic mass is 19.1. The van der Waals surface area contributed by atoms with Crippen LogP contribution in [0.3, 0.4) is 0 Å². The molecule has 1 atom stereocenters. The van der Waals surface area contributed by atoms with Crippen molar-refractivity contribution in [3.05, 3.63) is 53.7 Å². The number of nitrogens with one attached hydrogen (secondary N) is 3. The molecule has 0 spiro atoms. The molecule has 5 rings (SSSR count). The van der Waals surface area contributed by atoms with Gasteiger partial charge >= 0.3 is 0 Å². The number of rotatable bonds is 7. The van der Waals surface area contributed by atoms with E-state index in [-0.39, 0.29) is 17.8 Å². The lowest BCUT2D eigenvalue weighted by molar-refractivity contribution is -0.0403. The van der Waals surface area contributed by atoms with Gasteiger partial charge in [-0.25, -0.2) is 4.39 Å². The van der Waals surface area contributed by atoms with E-state index in [2.05, 4.69) is 32.5 Å². The fourth-order valence-corrected chi connectivity index (χ4v) is 4.51. The standard InChI is InChI=1S/C25H28FN5O4/c1-31-10-11-34-15(13-31)14-35-20-12-27-8-6-16(20)22-23(21-18(29-22)7-9-28-25(21)32)30-19-5-3-4-17(26)24(19)33-2/h3-6,8,12,15,29-30H,7,9-11,13-14H2,1-2H3,(H,28,32). The van der Waals surface area contributed by atoms with Gasteiger partial charge in [0.25, 0.3) is 5.91 Å². The number of pyridine rings is 1. The van der Waals surface area contributed by atoms with Crippen LogP contribution in [0.1, 0.15) is 16.1 Å². The van der Waals surface area contributed by atoms with Crippen LogP contribution >= 0.6 is 0 Å². The minimum absolute atomic E-state index is 0.0569. The predicted molar refractivity (Wildman–Crippen MR) is 129 cm³/mol. The number of nitrogens with zero attached hydrogens (tertiary/aromatic N) is 2. The summed E-state index contributed by atoms with van der Waals surface area (Å²) in [5.41, 5.74) is 3.58. The number of carbonyl (C=O) groups is 1. The summed E-state index contributed by atoms with van der Waals surface area (Å²) in [6, 6.07) is 6.43. The number of fused-ring (bicyclic) bond motifs is 1. The fourth-order valence-electron chi connectivity index (χ4n) is 4.51. The molecule has 2 aliphatic rings. The SMILES string of the molecule is COc1c(F)cccc1Nc1c(-c2ccncc2OCC2CN(C)CCO2)[nH]c2c1C(=O)NCC2. The van der Waals surface area contributed by atoms with Crippen LogP contribution in [0, 0.1) is 5.82 Å². The summed E-state index contributed by atoms with van der Waals surface area (Å²) in [5.74, 6) is -0.0907. The van der Waals surface area contributed by atoms with Crippen LogP contribution in [0.4, 0.5) is 15.8 Å². The van der Waals surface area contributed by atoms with Crippen molar-refractivity contribution in [3.63, 3.8) is 0 Å². The van der Waals surface area contributed by atoms with Crippen molar-refractivity contribution in [2.45, 2.75) is 12.5 Å². The van der Waals surface area contributed by atoms with Crippen LogP contribution in [-0.4, -0.2) is 73.9 Å².